The maximum absolute atomic E-state index is 12.7. The van der Waals surface area contributed by atoms with Gasteiger partial charge < -0.3 is 19.5 Å². The summed E-state index contributed by atoms with van der Waals surface area (Å²) in [6, 6.07) is 10.1. The minimum atomic E-state index is -0.659. The van der Waals surface area contributed by atoms with Gasteiger partial charge in [-0.05, 0) is 80.9 Å². The molecule has 1 aliphatic heterocycles. The largest absolute Gasteiger partial charge is 0.490 e. The van der Waals surface area contributed by atoms with Gasteiger partial charge in [-0.1, -0.05) is 23.7 Å². The molecule has 0 spiro atoms. The summed E-state index contributed by atoms with van der Waals surface area (Å²) in [6.45, 7) is 6.65. The lowest BCUT2D eigenvalue weighted by atomic mass is 10.2. The number of nitrogens with one attached hydrogen (secondary N) is 1. The van der Waals surface area contributed by atoms with Gasteiger partial charge in [0.15, 0.2) is 18.1 Å². The van der Waals surface area contributed by atoms with Crippen LogP contribution in [0.5, 0.6) is 11.5 Å². The lowest BCUT2D eigenvalue weighted by molar-refractivity contribution is -0.149. The number of amides is 3. The zero-order chi connectivity index (χ0) is 27.1. The molecule has 196 valence electrons. The fraction of sp³-hybridized carbons (Fsp3) is 0.308. The second-order valence-corrected chi connectivity index (χ2v) is 9.65. The molecule has 2 aromatic rings. The minimum absolute atomic E-state index is 0.162. The van der Waals surface area contributed by atoms with E-state index < -0.39 is 23.7 Å². The van der Waals surface area contributed by atoms with E-state index in [0.29, 0.717) is 34.4 Å². The molecule has 1 fully saturated rings. The van der Waals surface area contributed by atoms with Gasteiger partial charge >= 0.3 is 5.97 Å². The molecule has 1 aliphatic rings. The van der Waals surface area contributed by atoms with Crippen LogP contribution in [0, 0.1) is 6.92 Å². The third-order valence-electron chi connectivity index (χ3n) is 4.91. The summed E-state index contributed by atoms with van der Waals surface area (Å²) in [6.07, 6.45) is 1.17. The summed E-state index contributed by atoms with van der Waals surface area (Å²) < 4.78 is 16.3. The van der Waals surface area contributed by atoms with Crippen molar-refractivity contribution in [2.24, 2.45) is 0 Å². The fourth-order valence-corrected chi connectivity index (χ4v) is 4.25. The first-order chi connectivity index (χ1) is 17.6. The topological polar surface area (TPSA) is 111 Å². The first kappa shape index (κ1) is 28.1. The second kappa shape index (κ2) is 12.6. The van der Waals surface area contributed by atoms with Crippen LogP contribution in [0.25, 0.3) is 6.08 Å². The van der Waals surface area contributed by atoms with Gasteiger partial charge in [-0.2, -0.15) is 0 Å². The number of benzene rings is 2. The van der Waals surface area contributed by atoms with Gasteiger partial charge in [0.05, 0.1) is 17.6 Å². The molecule has 9 nitrogen and oxygen atoms in total. The molecule has 1 heterocycles. The number of hydrogen-bond acceptors (Lipinski definition) is 8. The zero-order valence-electron chi connectivity index (χ0n) is 20.8. The molecule has 0 aliphatic carbocycles. The van der Waals surface area contributed by atoms with E-state index >= 15 is 0 Å². The molecule has 37 heavy (non-hydrogen) atoms. The van der Waals surface area contributed by atoms with Crippen molar-refractivity contribution in [3.63, 3.8) is 0 Å². The van der Waals surface area contributed by atoms with Crippen LogP contribution in [0.3, 0.4) is 0 Å². The van der Waals surface area contributed by atoms with E-state index in [2.05, 4.69) is 5.32 Å². The number of anilines is 1. The molecule has 3 amide bonds. The number of esters is 1. The van der Waals surface area contributed by atoms with Crippen molar-refractivity contribution < 1.29 is 33.4 Å². The van der Waals surface area contributed by atoms with Crippen molar-refractivity contribution >= 4 is 58.1 Å². The molecular formula is C26H27ClN2O7S. The Kier molecular flexibility index (Phi) is 9.60. The lowest BCUT2D eigenvalue weighted by Crippen LogP contribution is -2.35. The van der Waals surface area contributed by atoms with Crippen molar-refractivity contribution in [2.75, 3.05) is 25.1 Å². The normalized spacial score (nSPS) is 14.3. The Hall–Kier alpha value is -3.50. The molecule has 1 N–H and O–H groups in total. The minimum Gasteiger partial charge on any atom is -0.490 e. The first-order valence-corrected chi connectivity index (χ1v) is 12.7. The van der Waals surface area contributed by atoms with Gasteiger partial charge in [-0.3, -0.25) is 24.1 Å². The molecule has 1 saturated heterocycles. The van der Waals surface area contributed by atoms with E-state index in [9.17, 15) is 19.2 Å². The molecule has 0 radical (unpaired) electrons. The average molecular weight is 547 g/mol. The molecule has 3 rings (SSSR count). The molecule has 11 heteroatoms. The summed E-state index contributed by atoms with van der Waals surface area (Å²) in [5, 5.41) is 2.71. The van der Waals surface area contributed by atoms with Gasteiger partial charge in [-0.15, -0.1) is 0 Å². The maximum Gasteiger partial charge on any atom is 0.326 e. The molecule has 0 unspecified atom stereocenters. The Bertz CT molecular complexity index is 1250. The monoisotopic (exact) mass is 546 g/mol. The van der Waals surface area contributed by atoms with Crippen LogP contribution >= 0.6 is 23.4 Å². The van der Waals surface area contributed by atoms with Crippen LogP contribution in [-0.2, 0) is 19.1 Å². The van der Waals surface area contributed by atoms with Crippen molar-refractivity contribution in [1.29, 1.82) is 0 Å². The summed E-state index contributed by atoms with van der Waals surface area (Å²) >= 11 is 6.83. The van der Waals surface area contributed by atoms with E-state index in [-0.39, 0.29) is 23.5 Å². The number of carbonyl (C=O) groups excluding carboxylic acids is 4. The summed E-state index contributed by atoms with van der Waals surface area (Å²) in [5.41, 5.74) is 2.02. The third kappa shape index (κ3) is 7.74. The van der Waals surface area contributed by atoms with Crippen LogP contribution in [0.1, 0.15) is 31.9 Å². The molecule has 0 aromatic heterocycles. The number of ether oxygens (including phenoxy) is 3. The summed E-state index contributed by atoms with van der Waals surface area (Å²) in [5.74, 6) is -0.922. The van der Waals surface area contributed by atoms with Crippen LogP contribution in [-0.4, -0.2) is 53.8 Å². The third-order valence-corrected chi connectivity index (χ3v) is 6.22. The Morgan fingerprint density at radius 2 is 1.86 bits per heavy atom. The number of thioether (sulfide) groups is 1. The van der Waals surface area contributed by atoms with Crippen LogP contribution < -0.4 is 14.8 Å². The average Bonchev–Trinajstić information content (AvgIpc) is 3.08. The van der Waals surface area contributed by atoms with E-state index in [1.54, 1.807) is 57.2 Å². The molecule has 0 bridgehead atoms. The number of imide groups is 1. The Labute approximate surface area is 224 Å². The highest BCUT2D eigenvalue weighted by Crippen LogP contribution is 2.34. The Morgan fingerprint density at radius 1 is 1.11 bits per heavy atom. The fourth-order valence-electron chi connectivity index (χ4n) is 3.23. The highest BCUT2D eigenvalue weighted by atomic mass is 35.5. The number of nitrogens with zero attached hydrogens (tertiary/aromatic N) is 1. The lowest BCUT2D eigenvalue weighted by Gasteiger charge is -2.14. The predicted octanol–water partition coefficient (Wildman–Crippen LogP) is 5.05. The van der Waals surface area contributed by atoms with E-state index in [0.717, 1.165) is 22.2 Å². The van der Waals surface area contributed by atoms with Crippen LogP contribution in [0.2, 0.25) is 5.02 Å². The van der Waals surface area contributed by atoms with Crippen molar-refractivity contribution in [3.8, 4) is 11.5 Å². The van der Waals surface area contributed by atoms with Crippen molar-refractivity contribution in [1.82, 2.24) is 4.90 Å². The predicted molar refractivity (Wildman–Crippen MR) is 142 cm³/mol. The SMILES string of the molecule is CCOc1cc(/C=C2\SC(=O)N(CC(=O)OC(C)C)C2=O)ccc1OCC(=O)Nc1ccc(C)c(Cl)c1. The molecule has 0 saturated carbocycles. The summed E-state index contributed by atoms with van der Waals surface area (Å²) in [7, 11) is 0. The Balaban J connectivity index is 1.68. The van der Waals surface area contributed by atoms with E-state index in [4.69, 9.17) is 25.8 Å². The van der Waals surface area contributed by atoms with Gasteiger partial charge in [0, 0.05) is 10.7 Å². The highest BCUT2D eigenvalue weighted by Gasteiger charge is 2.36. The standard InChI is InChI=1S/C26H27ClN2O7S/c1-5-34-21-10-17(11-22-25(32)29(26(33)37-22)13-24(31)36-15(2)3)7-9-20(21)35-14-23(30)28-18-8-6-16(4)19(27)12-18/h6-12,15H,5,13-14H2,1-4H3,(H,28,30)/b22-11-. The number of aryl methyl sites for hydroxylation is 1. The highest BCUT2D eigenvalue weighted by molar-refractivity contribution is 8.18. The van der Waals surface area contributed by atoms with Gasteiger partial charge in [-0.25, -0.2) is 0 Å². The Morgan fingerprint density at radius 3 is 2.54 bits per heavy atom. The van der Waals surface area contributed by atoms with Crippen LogP contribution in [0.15, 0.2) is 41.3 Å². The molecule has 2 aromatic carbocycles. The summed E-state index contributed by atoms with van der Waals surface area (Å²) in [4.78, 5) is 50.2. The van der Waals surface area contributed by atoms with Gasteiger partial charge in [0.25, 0.3) is 17.1 Å². The number of halogens is 1. The van der Waals surface area contributed by atoms with Crippen molar-refractivity contribution in [2.45, 2.75) is 33.8 Å². The first-order valence-electron chi connectivity index (χ1n) is 11.5. The second-order valence-electron chi connectivity index (χ2n) is 8.25. The number of carbonyl (C=O) groups is 4. The smallest absolute Gasteiger partial charge is 0.326 e. The number of hydrogen-bond donors (Lipinski definition) is 1. The maximum atomic E-state index is 12.7. The zero-order valence-corrected chi connectivity index (χ0v) is 22.4. The van der Waals surface area contributed by atoms with E-state index in [1.807, 2.05) is 6.92 Å². The van der Waals surface area contributed by atoms with Crippen LogP contribution in [0.4, 0.5) is 10.5 Å². The van der Waals surface area contributed by atoms with Gasteiger partial charge in [0.2, 0.25) is 0 Å². The van der Waals surface area contributed by atoms with E-state index in [1.165, 1.54) is 6.08 Å². The quantitative estimate of drug-likeness (QED) is 0.325. The molecular weight excluding hydrogens is 520 g/mol. The van der Waals surface area contributed by atoms with Gasteiger partial charge in [0.1, 0.15) is 6.54 Å². The number of rotatable bonds is 10. The molecule has 0 atom stereocenters. The van der Waals surface area contributed by atoms with Crippen molar-refractivity contribution in [3.05, 3.63) is 57.5 Å².